The molecule has 0 atom stereocenters. The van der Waals surface area contributed by atoms with Crippen molar-refractivity contribution in [2.45, 2.75) is 0 Å². The number of halogens is 1. The standard InChI is InChI=1S/C11H9FN4O3/c1-19-11(18)7-4-6(12)2-3-8(7)14-10(17)9-5-13-16-15-9/h2-5H,1H3,(H,14,17)(H,13,15,16). The van der Waals surface area contributed by atoms with Crippen molar-refractivity contribution < 1.29 is 18.7 Å². The molecule has 1 aromatic carbocycles. The minimum Gasteiger partial charge on any atom is -0.465 e. The number of esters is 1. The highest BCUT2D eigenvalue weighted by atomic mass is 19.1. The number of hydrogen-bond donors (Lipinski definition) is 2. The van der Waals surface area contributed by atoms with Gasteiger partial charge in [0.2, 0.25) is 0 Å². The van der Waals surface area contributed by atoms with Gasteiger partial charge in [-0.25, -0.2) is 9.18 Å². The summed E-state index contributed by atoms with van der Waals surface area (Å²) in [6.07, 6.45) is 1.22. The van der Waals surface area contributed by atoms with Crippen LogP contribution in [-0.2, 0) is 4.74 Å². The number of nitrogens with one attached hydrogen (secondary N) is 2. The minimum atomic E-state index is -0.755. The number of anilines is 1. The van der Waals surface area contributed by atoms with Crippen LogP contribution in [0.15, 0.2) is 24.4 Å². The van der Waals surface area contributed by atoms with E-state index in [4.69, 9.17) is 0 Å². The molecule has 0 radical (unpaired) electrons. The summed E-state index contributed by atoms with van der Waals surface area (Å²) in [5.74, 6) is -1.94. The molecular weight excluding hydrogens is 255 g/mol. The first kappa shape index (κ1) is 12.7. The van der Waals surface area contributed by atoms with Gasteiger partial charge in [-0.3, -0.25) is 4.79 Å². The van der Waals surface area contributed by atoms with E-state index >= 15 is 0 Å². The van der Waals surface area contributed by atoms with Gasteiger partial charge in [0.05, 0.1) is 24.6 Å². The van der Waals surface area contributed by atoms with E-state index in [0.29, 0.717) is 0 Å². The first-order chi connectivity index (χ1) is 9.11. The second-order valence-corrected chi connectivity index (χ2v) is 3.49. The summed E-state index contributed by atoms with van der Waals surface area (Å²) in [4.78, 5) is 23.2. The van der Waals surface area contributed by atoms with Crippen molar-refractivity contribution in [1.29, 1.82) is 0 Å². The lowest BCUT2D eigenvalue weighted by molar-refractivity contribution is 0.0601. The van der Waals surface area contributed by atoms with E-state index in [1.807, 2.05) is 0 Å². The van der Waals surface area contributed by atoms with Crippen molar-refractivity contribution in [2.24, 2.45) is 0 Å². The summed E-state index contributed by atoms with van der Waals surface area (Å²) in [7, 11) is 1.16. The Balaban J connectivity index is 2.29. The van der Waals surface area contributed by atoms with Crippen LogP contribution in [0.4, 0.5) is 10.1 Å². The van der Waals surface area contributed by atoms with Gasteiger partial charge in [-0.2, -0.15) is 15.4 Å². The van der Waals surface area contributed by atoms with Crippen LogP contribution in [0.1, 0.15) is 20.8 Å². The fourth-order valence-electron chi connectivity index (χ4n) is 1.40. The molecule has 98 valence electrons. The summed E-state index contributed by atoms with van der Waals surface area (Å²) >= 11 is 0. The molecule has 0 aliphatic carbocycles. The molecule has 19 heavy (non-hydrogen) atoms. The fraction of sp³-hybridized carbons (Fsp3) is 0.0909. The van der Waals surface area contributed by atoms with Gasteiger partial charge in [0.15, 0.2) is 5.69 Å². The molecule has 0 saturated carbocycles. The summed E-state index contributed by atoms with van der Waals surface area (Å²) in [6, 6.07) is 3.36. The van der Waals surface area contributed by atoms with Crippen LogP contribution < -0.4 is 5.32 Å². The highest BCUT2D eigenvalue weighted by Gasteiger charge is 2.16. The van der Waals surface area contributed by atoms with Crippen LogP contribution in [0.5, 0.6) is 0 Å². The number of ether oxygens (including phenoxy) is 1. The number of carbonyl (C=O) groups is 2. The number of hydrogen-bond acceptors (Lipinski definition) is 5. The summed E-state index contributed by atoms with van der Waals surface area (Å²) in [5, 5.41) is 11.8. The van der Waals surface area contributed by atoms with E-state index in [-0.39, 0.29) is 16.9 Å². The van der Waals surface area contributed by atoms with Crippen LogP contribution in [-0.4, -0.2) is 34.4 Å². The van der Waals surface area contributed by atoms with Crippen LogP contribution in [0.2, 0.25) is 0 Å². The number of nitrogens with zero attached hydrogens (tertiary/aromatic N) is 2. The number of aromatic nitrogens is 3. The Morgan fingerprint density at radius 3 is 2.84 bits per heavy atom. The lowest BCUT2D eigenvalue weighted by atomic mass is 10.1. The Morgan fingerprint density at radius 2 is 2.21 bits per heavy atom. The molecular formula is C11H9FN4O3. The average Bonchev–Trinajstić information content (AvgIpc) is 2.94. The molecule has 1 heterocycles. The van der Waals surface area contributed by atoms with Crippen molar-refractivity contribution in [3.05, 3.63) is 41.5 Å². The number of H-pyrrole nitrogens is 1. The highest BCUT2D eigenvalue weighted by Crippen LogP contribution is 2.18. The van der Waals surface area contributed by atoms with Gasteiger partial charge in [-0.15, -0.1) is 0 Å². The highest BCUT2D eigenvalue weighted by molar-refractivity contribution is 6.06. The molecule has 0 fully saturated rings. The average molecular weight is 264 g/mol. The third-order valence-electron chi connectivity index (χ3n) is 2.28. The third kappa shape index (κ3) is 2.73. The monoisotopic (exact) mass is 264 g/mol. The van der Waals surface area contributed by atoms with E-state index in [1.54, 1.807) is 0 Å². The normalized spacial score (nSPS) is 10.0. The SMILES string of the molecule is COC(=O)c1cc(F)ccc1NC(=O)c1cn[nH]n1. The molecule has 0 saturated heterocycles. The molecule has 8 heteroatoms. The molecule has 0 aliphatic heterocycles. The molecule has 2 aromatic rings. The van der Waals surface area contributed by atoms with Gasteiger partial charge >= 0.3 is 5.97 Å². The van der Waals surface area contributed by atoms with Gasteiger partial charge in [0.25, 0.3) is 5.91 Å². The topological polar surface area (TPSA) is 97.0 Å². The smallest absolute Gasteiger partial charge is 0.340 e. The Hall–Kier alpha value is -2.77. The maximum absolute atomic E-state index is 13.1. The summed E-state index contributed by atoms with van der Waals surface area (Å²) in [6.45, 7) is 0. The molecule has 2 N–H and O–H groups in total. The second kappa shape index (κ2) is 5.25. The van der Waals surface area contributed by atoms with Gasteiger partial charge in [-0.05, 0) is 18.2 Å². The number of methoxy groups -OCH3 is 1. The predicted octanol–water partition coefficient (Wildman–Crippen LogP) is 0.983. The Labute approximate surface area is 106 Å². The Kier molecular flexibility index (Phi) is 3.51. The summed E-state index contributed by atoms with van der Waals surface area (Å²) < 4.78 is 17.6. The van der Waals surface area contributed by atoms with E-state index in [0.717, 1.165) is 19.2 Å². The van der Waals surface area contributed by atoms with Crippen LogP contribution >= 0.6 is 0 Å². The van der Waals surface area contributed by atoms with E-state index in [1.165, 1.54) is 12.3 Å². The Morgan fingerprint density at radius 1 is 1.42 bits per heavy atom. The van der Waals surface area contributed by atoms with Crippen molar-refractivity contribution in [3.8, 4) is 0 Å². The van der Waals surface area contributed by atoms with E-state index in [9.17, 15) is 14.0 Å². The first-order valence-electron chi connectivity index (χ1n) is 5.17. The van der Waals surface area contributed by atoms with Gasteiger partial charge < -0.3 is 10.1 Å². The summed E-state index contributed by atoms with van der Waals surface area (Å²) in [5.41, 5.74) is 0.0840. The molecule has 0 bridgehead atoms. The third-order valence-corrected chi connectivity index (χ3v) is 2.28. The van der Waals surface area contributed by atoms with Gasteiger partial charge in [0, 0.05) is 0 Å². The Bertz CT molecular complexity index is 612. The zero-order chi connectivity index (χ0) is 13.8. The minimum absolute atomic E-state index is 0.0418. The zero-order valence-electron chi connectivity index (χ0n) is 9.81. The maximum atomic E-state index is 13.1. The van der Waals surface area contributed by atoms with E-state index < -0.39 is 17.7 Å². The largest absolute Gasteiger partial charge is 0.465 e. The van der Waals surface area contributed by atoms with Gasteiger partial charge in [-0.1, -0.05) is 0 Å². The lowest BCUT2D eigenvalue weighted by Crippen LogP contribution is -2.16. The number of benzene rings is 1. The van der Waals surface area contributed by atoms with Crippen molar-refractivity contribution >= 4 is 17.6 Å². The van der Waals surface area contributed by atoms with Crippen LogP contribution in [0.25, 0.3) is 0 Å². The lowest BCUT2D eigenvalue weighted by Gasteiger charge is -2.08. The molecule has 1 amide bonds. The first-order valence-corrected chi connectivity index (χ1v) is 5.17. The predicted molar refractivity (Wildman–Crippen MR) is 62.1 cm³/mol. The quantitative estimate of drug-likeness (QED) is 0.805. The number of rotatable bonds is 3. The molecule has 0 aliphatic rings. The van der Waals surface area contributed by atoms with Crippen molar-refractivity contribution in [1.82, 2.24) is 15.4 Å². The number of aromatic amines is 1. The van der Waals surface area contributed by atoms with Crippen molar-refractivity contribution in [2.75, 3.05) is 12.4 Å². The van der Waals surface area contributed by atoms with Crippen LogP contribution in [0, 0.1) is 5.82 Å². The molecule has 0 unspecified atom stereocenters. The molecule has 0 spiro atoms. The van der Waals surface area contributed by atoms with E-state index in [2.05, 4.69) is 25.5 Å². The van der Waals surface area contributed by atoms with Gasteiger partial charge in [0.1, 0.15) is 5.82 Å². The molecule has 2 rings (SSSR count). The zero-order valence-corrected chi connectivity index (χ0v) is 9.81. The molecule has 7 nitrogen and oxygen atoms in total. The number of carbonyl (C=O) groups excluding carboxylic acids is 2. The van der Waals surface area contributed by atoms with Crippen LogP contribution in [0.3, 0.4) is 0 Å². The second-order valence-electron chi connectivity index (χ2n) is 3.49. The number of amides is 1. The van der Waals surface area contributed by atoms with Crippen molar-refractivity contribution in [3.63, 3.8) is 0 Å². The maximum Gasteiger partial charge on any atom is 0.340 e. The molecule has 1 aromatic heterocycles. The fourth-order valence-corrected chi connectivity index (χ4v) is 1.40.